The van der Waals surface area contributed by atoms with Crippen molar-refractivity contribution >= 4 is 11.8 Å². The molecular formula is C13H14N2O2S. The lowest BCUT2D eigenvalue weighted by molar-refractivity contribution is 0.465. The average Bonchev–Trinajstić information content (AvgIpc) is 2.78. The molecular weight excluding hydrogens is 248 g/mol. The van der Waals surface area contributed by atoms with Crippen LogP contribution in [0.5, 0.6) is 5.75 Å². The van der Waals surface area contributed by atoms with Crippen LogP contribution >= 0.6 is 11.8 Å². The second-order valence-electron chi connectivity index (χ2n) is 4.01. The predicted octanol–water partition coefficient (Wildman–Crippen LogP) is 3.50. The van der Waals surface area contributed by atoms with Gasteiger partial charge in [-0.05, 0) is 38.1 Å². The van der Waals surface area contributed by atoms with Gasteiger partial charge in [-0.2, -0.15) is 0 Å². The number of hydrogen-bond acceptors (Lipinski definition) is 5. The van der Waals surface area contributed by atoms with E-state index in [-0.39, 0.29) is 5.75 Å². The zero-order valence-corrected chi connectivity index (χ0v) is 11.1. The van der Waals surface area contributed by atoms with E-state index in [0.29, 0.717) is 11.1 Å². The van der Waals surface area contributed by atoms with Crippen molar-refractivity contribution < 1.29 is 9.52 Å². The Morgan fingerprint density at radius 3 is 2.67 bits per heavy atom. The Hall–Kier alpha value is -1.75. The van der Waals surface area contributed by atoms with E-state index >= 15 is 0 Å². The number of phenolic OH excluding ortho intramolecular Hbond substituents is 1. The van der Waals surface area contributed by atoms with Gasteiger partial charge in [0, 0.05) is 11.3 Å². The van der Waals surface area contributed by atoms with Gasteiger partial charge in [0.2, 0.25) is 5.89 Å². The molecule has 1 aromatic carbocycles. The molecule has 0 atom stereocenters. The number of rotatable bonds is 4. The molecule has 1 N–H and O–H groups in total. The fraction of sp³-hybridized carbons (Fsp3) is 0.231. The number of aromatic hydroxyl groups is 1. The molecule has 2 aromatic rings. The van der Waals surface area contributed by atoms with Gasteiger partial charge in [0.25, 0.3) is 5.22 Å². The number of nitrogens with zero attached hydrogens (tertiary/aromatic N) is 2. The minimum absolute atomic E-state index is 0.219. The van der Waals surface area contributed by atoms with Gasteiger partial charge in [-0.25, -0.2) is 0 Å². The molecule has 94 valence electrons. The van der Waals surface area contributed by atoms with Crippen molar-refractivity contribution in [3.63, 3.8) is 0 Å². The van der Waals surface area contributed by atoms with Crippen LogP contribution < -0.4 is 0 Å². The Kier molecular flexibility index (Phi) is 4.04. The highest BCUT2D eigenvalue weighted by molar-refractivity contribution is 7.99. The maximum atomic E-state index is 9.20. The normalized spacial score (nSPS) is 10.3. The van der Waals surface area contributed by atoms with Crippen molar-refractivity contribution in [3.05, 3.63) is 35.9 Å². The van der Waals surface area contributed by atoms with Crippen molar-refractivity contribution in [1.82, 2.24) is 10.2 Å². The summed E-state index contributed by atoms with van der Waals surface area (Å²) in [6.45, 7) is 4.10. The summed E-state index contributed by atoms with van der Waals surface area (Å²) in [5, 5.41) is 17.7. The van der Waals surface area contributed by atoms with Crippen LogP contribution in [0, 0.1) is 0 Å². The van der Waals surface area contributed by atoms with E-state index in [2.05, 4.69) is 30.1 Å². The predicted molar refractivity (Wildman–Crippen MR) is 71.6 cm³/mol. The number of thioether (sulfide) groups is 1. The fourth-order valence-corrected chi connectivity index (χ4v) is 2.06. The molecule has 2 rings (SSSR count). The van der Waals surface area contributed by atoms with E-state index < -0.39 is 0 Å². The molecule has 0 aliphatic rings. The topological polar surface area (TPSA) is 59.2 Å². The third-order valence-corrected chi connectivity index (χ3v) is 2.96. The van der Waals surface area contributed by atoms with Crippen LogP contribution in [0.1, 0.15) is 13.8 Å². The Morgan fingerprint density at radius 1 is 1.28 bits per heavy atom. The standard InChI is InChI=1S/C13H14N2O2S/c1-9(2)7-8-18-13-15-14-12(17-13)10-3-5-11(16)6-4-10/h3-7,16H,8H2,1-2H3. The molecule has 0 saturated carbocycles. The first kappa shape index (κ1) is 12.7. The van der Waals surface area contributed by atoms with Crippen LogP contribution in [0.15, 0.2) is 45.6 Å². The maximum Gasteiger partial charge on any atom is 0.277 e. The first-order valence-corrected chi connectivity index (χ1v) is 6.53. The first-order chi connectivity index (χ1) is 8.65. The Balaban J connectivity index is 2.06. The lowest BCUT2D eigenvalue weighted by Gasteiger charge is -1.94. The maximum absolute atomic E-state index is 9.20. The highest BCUT2D eigenvalue weighted by Crippen LogP contribution is 2.24. The van der Waals surface area contributed by atoms with Crippen molar-refractivity contribution in [2.45, 2.75) is 19.1 Å². The van der Waals surface area contributed by atoms with E-state index in [1.807, 2.05) is 0 Å². The smallest absolute Gasteiger partial charge is 0.277 e. The number of allylic oxidation sites excluding steroid dienone is 1. The molecule has 0 radical (unpaired) electrons. The van der Waals surface area contributed by atoms with Gasteiger partial charge in [0.05, 0.1) is 0 Å². The minimum Gasteiger partial charge on any atom is -0.508 e. The SMILES string of the molecule is CC(C)=CCSc1nnc(-c2ccc(O)cc2)o1. The number of phenols is 1. The van der Waals surface area contributed by atoms with Crippen LogP contribution in [0.4, 0.5) is 0 Å². The third-order valence-electron chi connectivity index (χ3n) is 2.22. The highest BCUT2D eigenvalue weighted by Gasteiger charge is 2.08. The Morgan fingerprint density at radius 2 is 2.00 bits per heavy atom. The molecule has 0 amide bonds. The van der Waals surface area contributed by atoms with Gasteiger partial charge in [0.1, 0.15) is 5.75 Å². The first-order valence-electron chi connectivity index (χ1n) is 5.54. The zero-order valence-electron chi connectivity index (χ0n) is 10.3. The van der Waals surface area contributed by atoms with Gasteiger partial charge in [-0.3, -0.25) is 0 Å². The summed E-state index contributed by atoms with van der Waals surface area (Å²) in [6, 6.07) is 6.67. The molecule has 1 heterocycles. The minimum atomic E-state index is 0.219. The van der Waals surface area contributed by atoms with E-state index in [9.17, 15) is 5.11 Å². The van der Waals surface area contributed by atoms with Crippen LogP contribution in [-0.4, -0.2) is 21.1 Å². The molecule has 0 spiro atoms. The van der Waals surface area contributed by atoms with Crippen LogP contribution in [0.25, 0.3) is 11.5 Å². The van der Waals surface area contributed by atoms with Crippen LogP contribution in [0.2, 0.25) is 0 Å². The van der Waals surface area contributed by atoms with Crippen molar-refractivity contribution in [3.8, 4) is 17.2 Å². The quantitative estimate of drug-likeness (QED) is 0.675. The summed E-state index contributed by atoms with van der Waals surface area (Å²) in [7, 11) is 0. The molecule has 1 aromatic heterocycles. The Labute approximate surface area is 110 Å². The van der Waals surface area contributed by atoms with Gasteiger partial charge in [-0.15, -0.1) is 10.2 Å². The van der Waals surface area contributed by atoms with E-state index in [4.69, 9.17) is 4.42 Å². The summed E-state index contributed by atoms with van der Waals surface area (Å²) in [4.78, 5) is 0. The highest BCUT2D eigenvalue weighted by atomic mass is 32.2. The molecule has 0 aliphatic carbocycles. The second kappa shape index (κ2) is 5.73. The summed E-state index contributed by atoms with van der Waals surface area (Å²) in [6.07, 6.45) is 2.11. The molecule has 5 heteroatoms. The summed E-state index contributed by atoms with van der Waals surface area (Å²) >= 11 is 1.50. The molecule has 18 heavy (non-hydrogen) atoms. The van der Waals surface area contributed by atoms with E-state index in [1.54, 1.807) is 24.3 Å². The zero-order chi connectivity index (χ0) is 13.0. The van der Waals surface area contributed by atoms with Crippen molar-refractivity contribution in [1.29, 1.82) is 0 Å². The Bertz CT molecular complexity index is 542. The largest absolute Gasteiger partial charge is 0.508 e. The third kappa shape index (κ3) is 3.37. The monoisotopic (exact) mass is 262 g/mol. The molecule has 0 fully saturated rings. The molecule has 0 aliphatic heterocycles. The van der Waals surface area contributed by atoms with Gasteiger partial charge in [0.15, 0.2) is 0 Å². The fourth-order valence-electron chi connectivity index (χ4n) is 1.27. The number of hydrogen-bond donors (Lipinski definition) is 1. The average molecular weight is 262 g/mol. The second-order valence-corrected chi connectivity index (χ2v) is 4.98. The van der Waals surface area contributed by atoms with Crippen LogP contribution in [0.3, 0.4) is 0 Å². The summed E-state index contributed by atoms with van der Waals surface area (Å²) in [5.41, 5.74) is 2.06. The molecule has 4 nitrogen and oxygen atoms in total. The summed E-state index contributed by atoms with van der Waals surface area (Å²) < 4.78 is 5.52. The molecule has 0 saturated heterocycles. The van der Waals surface area contributed by atoms with E-state index in [0.717, 1.165) is 11.3 Å². The van der Waals surface area contributed by atoms with E-state index in [1.165, 1.54) is 17.3 Å². The molecule has 0 unspecified atom stereocenters. The van der Waals surface area contributed by atoms with Crippen molar-refractivity contribution in [2.24, 2.45) is 0 Å². The van der Waals surface area contributed by atoms with Gasteiger partial charge in [-0.1, -0.05) is 23.4 Å². The summed E-state index contributed by atoms with van der Waals surface area (Å²) in [5.74, 6) is 1.51. The van der Waals surface area contributed by atoms with Crippen molar-refractivity contribution in [2.75, 3.05) is 5.75 Å². The number of aromatic nitrogens is 2. The van der Waals surface area contributed by atoms with Gasteiger partial charge < -0.3 is 9.52 Å². The van der Waals surface area contributed by atoms with Gasteiger partial charge >= 0.3 is 0 Å². The van der Waals surface area contributed by atoms with Crippen LogP contribution in [-0.2, 0) is 0 Å². The lowest BCUT2D eigenvalue weighted by atomic mass is 10.2. The number of benzene rings is 1. The lowest BCUT2D eigenvalue weighted by Crippen LogP contribution is -1.76. The molecule has 0 bridgehead atoms.